The number of sulfonamides is 1. The van der Waals surface area contributed by atoms with Gasteiger partial charge in [0, 0.05) is 36.2 Å². The standard InChI is InChI=1S/C23H29N5O2S/c1-6-28(7-2)22-15-18(5)24-23(26-22)25-19-9-11-20(12-10-19)27-31(29,30)21-13-8-16(3)17(4)14-21/h8-15,27H,6-7H2,1-5H3,(H,24,25,26). The SMILES string of the molecule is CCN(CC)c1cc(C)nc(Nc2ccc(NS(=O)(=O)c3ccc(C)c(C)c3)cc2)n1. The average Bonchev–Trinajstić information content (AvgIpc) is 2.72. The number of rotatable bonds is 8. The lowest BCUT2D eigenvalue weighted by molar-refractivity contribution is 0.601. The van der Waals surface area contributed by atoms with E-state index >= 15 is 0 Å². The normalized spacial score (nSPS) is 11.3. The van der Waals surface area contributed by atoms with Gasteiger partial charge in [-0.25, -0.2) is 13.4 Å². The molecule has 2 N–H and O–H groups in total. The predicted molar refractivity (Wildman–Crippen MR) is 127 cm³/mol. The van der Waals surface area contributed by atoms with E-state index < -0.39 is 10.0 Å². The van der Waals surface area contributed by atoms with Crippen molar-refractivity contribution in [1.82, 2.24) is 9.97 Å². The summed E-state index contributed by atoms with van der Waals surface area (Å²) in [5.74, 6) is 1.38. The fraction of sp³-hybridized carbons (Fsp3) is 0.304. The fourth-order valence-electron chi connectivity index (χ4n) is 3.16. The zero-order valence-electron chi connectivity index (χ0n) is 18.6. The minimum atomic E-state index is -3.65. The lowest BCUT2D eigenvalue weighted by Crippen LogP contribution is -2.23. The largest absolute Gasteiger partial charge is 0.357 e. The molecule has 7 nitrogen and oxygen atoms in total. The van der Waals surface area contributed by atoms with Crippen LogP contribution < -0.4 is 14.9 Å². The second-order valence-electron chi connectivity index (χ2n) is 7.42. The number of nitrogens with one attached hydrogen (secondary N) is 2. The highest BCUT2D eigenvalue weighted by molar-refractivity contribution is 7.92. The molecule has 0 saturated carbocycles. The van der Waals surface area contributed by atoms with Crippen LogP contribution in [0, 0.1) is 20.8 Å². The maximum absolute atomic E-state index is 12.7. The molecule has 0 radical (unpaired) electrons. The van der Waals surface area contributed by atoms with Gasteiger partial charge >= 0.3 is 0 Å². The highest BCUT2D eigenvalue weighted by Crippen LogP contribution is 2.22. The smallest absolute Gasteiger partial charge is 0.261 e. The van der Waals surface area contributed by atoms with Crippen molar-refractivity contribution < 1.29 is 8.42 Å². The highest BCUT2D eigenvalue weighted by atomic mass is 32.2. The minimum absolute atomic E-state index is 0.245. The zero-order valence-corrected chi connectivity index (χ0v) is 19.4. The molecule has 3 rings (SSSR count). The number of benzene rings is 2. The Balaban J connectivity index is 1.75. The van der Waals surface area contributed by atoms with Crippen molar-refractivity contribution in [1.29, 1.82) is 0 Å². The number of aryl methyl sites for hydroxylation is 3. The van der Waals surface area contributed by atoms with Gasteiger partial charge in [0.2, 0.25) is 5.95 Å². The molecule has 0 amide bonds. The summed E-state index contributed by atoms with van der Waals surface area (Å²) < 4.78 is 28.0. The fourth-order valence-corrected chi connectivity index (χ4v) is 4.31. The molecule has 0 atom stereocenters. The van der Waals surface area contributed by atoms with E-state index in [2.05, 4.69) is 38.8 Å². The Kier molecular flexibility index (Phi) is 6.80. The Labute approximate surface area is 184 Å². The molecule has 8 heteroatoms. The molecular formula is C23H29N5O2S. The molecule has 0 aliphatic heterocycles. The van der Waals surface area contributed by atoms with Crippen molar-refractivity contribution in [3.8, 4) is 0 Å². The molecule has 0 bridgehead atoms. The van der Waals surface area contributed by atoms with Gasteiger partial charge in [-0.05, 0) is 82.1 Å². The third kappa shape index (κ3) is 5.52. The van der Waals surface area contributed by atoms with Gasteiger partial charge < -0.3 is 10.2 Å². The van der Waals surface area contributed by atoms with Gasteiger partial charge in [0.15, 0.2) is 0 Å². The van der Waals surface area contributed by atoms with Crippen LogP contribution in [-0.4, -0.2) is 31.5 Å². The average molecular weight is 440 g/mol. The van der Waals surface area contributed by atoms with Crippen LogP contribution in [0.5, 0.6) is 0 Å². The Morgan fingerprint density at radius 2 is 1.48 bits per heavy atom. The molecule has 3 aromatic rings. The van der Waals surface area contributed by atoms with Gasteiger partial charge in [0.1, 0.15) is 5.82 Å². The summed E-state index contributed by atoms with van der Waals surface area (Å²) in [6.07, 6.45) is 0. The van der Waals surface area contributed by atoms with Gasteiger partial charge in [-0.2, -0.15) is 4.98 Å². The van der Waals surface area contributed by atoms with Crippen molar-refractivity contribution in [2.45, 2.75) is 39.5 Å². The van der Waals surface area contributed by atoms with E-state index in [0.717, 1.165) is 41.4 Å². The van der Waals surface area contributed by atoms with Crippen LogP contribution in [0.25, 0.3) is 0 Å². The first kappa shape index (κ1) is 22.6. The van der Waals surface area contributed by atoms with Crippen LogP contribution in [0.15, 0.2) is 53.4 Å². The molecule has 0 fully saturated rings. The van der Waals surface area contributed by atoms with Crippen LogP contribution >= 0.6 is 0 Å². The molecule has 0 saturated heterocycles. The van der Waals surface area contributed by atoms with Crippen molar-refractivity contribution in [3.05, 3.63) is 65.4 Å². The first-order chi connectivity index (χ1) is 14.7. The van der Waals surface area contributed by atoms with Gasteiger partial charge in [-0.15, -0.1) is 0 Å². The van der Waals surface area contributed by atoms with E-state index in [0.29, 0.717) is 11.6 Å². The summed E-state index contributed by atoms with van der Waals surface area (Å²) in [5, 5.41) is 3.20. The molecule has 2 aromatic carbocycles. The van der Waals surface area contributed by atoms with E-state index in [9.17, 15) is 8.42 Å². The second-order valence-corrected chi connectivity index (χ2v) is 9.10. The third-order valence-corrected chi connectivity index (χ3v) is 6.49. The van der Waals surface area contributed by atoms with E-state index in [-0.39, 0.29) is 4.90 Å². The number of nitrogens with zero attached hydrogens (tertiary/aromatic N) is 3. The molecule has 0 aliphatic rings. The monoisotopic (exact) mass is 439 g/mol. The molecule has 0 unspecified atom stereocenters. The summed E-state index contributed by atoms with van der Waals surface area (Å²) in [5.41, 5.74) is 4.11. The number of anilines is 4. The highest BCUT2D eigenvalue weighted by Gasteiger charge is 2.15. The van der Waals surface area contributed by atoms with E-state index in [4.69, 9.17) is 0 Å². The quantitative estimate of drug-likeness (QED) is 0.525. The van der Waals surface area contributed by atoms with E-state index in [1.807, 2.05) is 32.9 Å². The summed E-state index contributed by atoms with van der Waals surface area (Å²) in [4.78, 5) is 11.5. The van der Waals surface area contributed by atoms with Gasteiger partial charge in [-0.3, -0.25) is 4.72 Å². The Hall–Kier alpha value is -3.13. The maximum atomic E-state index is 12.7. The number of hydrogen-bond acceptors (Lipinski definition) is 6. The molecular weight excluding hydrogens is 410 g/mol. The molecule has 164 valence electrons. The maximum Gasteiger partial charge on any atom is 0.261 e. The number of aromatic nitrogens is 2. The van der Waals surface area contributed by atoms with Gasteiger partial charge in [0.05, 0.1) is 4.90 Å². The van der Waals surface area contributed by atoms with Crippen LogP contribution in [0.3, 0.4) is 0 Å². The van der Waals surface area contributed by atoms with Crippen LogP contribution in [0.4, 0.5) is 23.1 Å². The predicted octanol–water partition coefficient (Wildman–Crippen LogP) is 4.79. The molecule has 0 spiro atoms. The first-order valence-electron chi connectivity index (χ1n) is 10.3. The summed E-state index contributed by atoms with van der Waals surface area (Å²) in [6, 6.07) is 14.1. The molecule has 0 aliphatic carbocycles. The Bertz CT molecular complexity index is 1160. The lowest BCUT2D eigenvalue weighted by atomic mass is 10.1. The van der Waals surface area contributed by atoms with Crippen LogP contribution in [0.2, 0.25) is 0 Å². The molecule has 1 heterocycles. The van der Waals surface area contributed by atoms with Crippen LogP contribution in [-0.2, 0) is 10.0 Å². The Morgan fingerprint density at radius 3 is 2.10 bits per heavy atom. The van der Waals surface area contributed by atoms with Crippen molar-refractivity contribution in [2.24, 2.45) is 0 Å². The van der Waals surface area contributed by atoms with Crippen LogP contribution in [0.1, 0.15) is 30.7 Å². The van der Waals surface area contributed by atoms with E-state index in [1.165, 1.54) is 0 Å². The summed E-state index contributed by atoms with van der Waals surface area (Å²) >= 11 is 0. The lowest BCUT2D eigenvalue weighted by Gasteiger charge is -2.20. The molecule has 1 aromatic heterocycles. The third-order valence-electron chi connectivity index (χ3n) is 5.11. The van der Waals surface area contributed by atoms with E-state index in [1.54, 1.807) is 36.4 Å². The first-order valence-corrected chi connectivity index (χ1v) is 11.8. The van der Waals surface area contributed by atoms with Gasteiger partial charge in [0.25, 0.3) is 10.0 Å². The second kappa shape index (κ2) is 9.34. The topological polar surface area (TPSA) is 87.2 Å². The van der Waals surface area contributed by atoms with Crippen molar-refractivity contribution in [3.63, 3.8) is 0 Å². The minimum Gasteiger partial charge on any atom is -0.357 e. The summed E-state index contributed by atoms with van der Waals surface area (Å²) in [7, 11) is -3.65. The van der Waals surface area contributed by atoms with Crippen molar-refractivity contribution in [2.75, 3.05) is 28.0 Å². The van der Waals surface area contributed by atoms with Gasteiger partial charge in [-0.1, -0.05) is 6.07 Å². The van der Waals surface area contributed by atoms with Crippen molar-refractivity contribution >= 4 is 33.2 Å². The zero-order chi connectivity index (χ0) is 22.6. The summed E-state index contributed by atoms with van der Waals surface area (Å²) in [6.45, 7) is 11.7. The Morgan fingerprint density at radius 1 is 0.839 bits per heavy atom. The molecule has 31 heavy (non-hydrogen) atoms. The number of hydrogen-bond donors (Lipinski definition) is 2.